The van der Waals surface area contributed by atoms with Crippen LogP contribution in [0.3, 0.4) is 0 Å². The van der Waals surface area contributed by atoms with E-state index in [2.05, 4.69) is 52.7 Å². The molecule has 0 atom stereocenters. The number of hydrogen-bond donors (Lipinski definition) is 6. The van der Waals surface area contributed by atoms with E-state index in [0.717, 1.165) is 92.2 Å². The van der Waals surface area contributed by atoms with Crippen molar-refractivity contribution in [2.24, 2.45) is 0 Å². The maximum atomic E-state index is 12.1. The third-order valence-corrected chi connectivity index (χ3v) is 10.4. The van der Waals surface area contributed by atoms with Gasteiger partial charge in [-0.05, 0) is 118 Å². The lowest BCUT2D eigenvalue weighted by Gasteiger charge is -2.10. The maximum Gasteiger partial charge on any atom is 0.319 e. The molecule has 0 radical (unpaired) electrons. The highest BCUT2D eigenvalue weighted by Gasteiger charge is 2.05. The van der Waals surface area contributed by atoms with Crippen molar-refractivity contribution in [2.45, 2.75) is 163 Å². The van der Waals surface area contributed by atoms with E-state index >= 15 is 0 Å². The Hall–Kier alpha value is -5.13. The summed E-state index contributed by atoms with van der Waals surface area (Å²) in [6, 6.07) is 21.9. The van der Waals surface area contributed by atoms with Crippen LogP contribution in [0.25, 0.3) is 0 Å². The number of carbonyl (C=O) groups is 3. The van der Waals surface area contributed by atoms with E-state index in [1.807, 2.05) is 79.7 Å². The molecule has 3 rings (SSSR count). The van der Waals surface area contributed by atoms with E-state index < -0.39 is 0 Å². The molecule has 0 aliphatic rings. The Kier molecular flexibility index (Phi) is 32.9. The molecule has 0 unspecified atom stereocenters. The standard InChI is InChI=1S/C35H56N4O4.C17H28N2O2/c1-3-5-7-9-11-14-26-36-34(40)38-30-18-22-32(23-19-30)42-28-16-13-17-29-43-33-24-20-31(21-25-33)39-35(41)37-27-15-12-10-8-6-4-2;1-3-5-6-7-8-9-14-18-17(20)19-15-10-12-16(13-11-15)21-4-2/h18-25H,3-17,26-29H2,1-2H3,(H2,36,38,40)(H2,37,39,41);10-13H,3-9,14H2,1-2H3,(H2,18,19,20). The van der Waals surface area contributed by atoms with Gasteiger partial charge in [0.05, 0.1) is 19.8 Å². The van der Waals surface area contributed by atoms with Crippen LogP contribution in [0.2, 0.25) is 0 Å². The highest BCUT2D eigenvalue weighted by molar-refractivity contribution is 5.90. The van der Waals surface area contributed by atoms with E-state index in [9.17, 15) is 14.4 Å². The minimum atomic E-state index is -0.168. The molecule has 64 heavy (non-hydrogen) atoms. The number of ether oxygens (including phenoxy) is 3. The zero-order valence-corrected chi connectivity index (χ0v) is 40.0. The maximum absolute atomic E-state index is 12.1. The molecule has 358 valence electrons. The minimum Gasteiger partial charge on any atom is -0.494 e. The smallest absolute Gasteiger partial charge is 0.319 e. The predicted octanol–water partition coefficient (Wildman–Crippen LogP) is 13.8. The number of urea groups is 3. The fourth-order valence-electron chi connectivity index (χ4n) is 6.68. The van der Waals surface area contributed by atoms with Gasteiger partial charge in [0.1, 0.15) is 17.2 Å². The number of nitrogens with one attached hydrogen (secondary N) is 6. The second-order valence-electron chi connectivity index (χ2n) is 16.2. The first-order chi connectivity index (χ1) is 31.4. The first kappa shape index (κ1) is 55.0. The molecular weight excluding hydrogens is 805 g/mol. The minimum absolute atomic E-state index is 0.146. The van der Waals surface area contributed by atoms with Crippen LogP contribution in [0, 0.1) is 0 Å². The molecule has 12 nitrogen and oxygen atoms in total. The van der Waals surface area contributed by atoms with E-state index in [1.165, 1.54) is 83.5 Å². The average molecular weight is 889 g/mol. The summed E-state index contributed by atoms with van der Waals surface area (Å²) in [7, 11) is 0. The lowest BCUT2D eigenvalue weighted by molar-refractivity contribution is 0.251. The van der Waals surface area contributed by atoms with Crippen LogP contribution in [-0.4, -0.2) is 57.5 Å². The van der Waals surface area contributed by atoms with Gasteiger partial charge in [-0.3, -0.25) is 0 Å². The largest absolute Gasteiger partial charge is 0.494 e. The summed E-state index contributed by atoms with van der Waals surface area (Å²) in [5, 5.41) is 17.3. The Bertz CT molecular complexity index is 1510. The summed E-state index contributed by atoms with van der Waals surface area (Å²) in [5.41, 5.74) is 2.28. The van der Waals surface area contributed by atoms with Gasteiger partial charge in [-0.2, -0.15) is 0 Å². The average Bonchev–Trinajstić information content (AvgIpc) is 3.30. The van der Waals surface area contributed by atoms with Gasteiger partial charge in [-0.25, -0.2) is 14.4 Å². The van der Waals surface area contributed by atoms with Crippen molar-refractivity contribution in [1.82, 2.24) is 16.0 Å². The number of anilines is 3. The lowest BCUT2D eigenvalue weighted by Crippen LogP contribution is -2.29. The van der Waals surface area contributed by atoms with Crippen LogP contribution in [0.4, 0.5) is 31.4 Å². The van der Waals surface area contributed by atoms with Crippen molar-refractivity contribution in [2.75, 3.05) is 55.4 Å². The van der Waals surface area contributed by atoms with Gasteiger partial charge >= 0.3 is 18.1 Å². The molecule has 0 fully saturated rings. The van der Waals surface area contributed by atoms with Crippen LogP contribution < -0.4 is 46.1 Å². The van der Waals surface area contributed by atoms with Crippen molar-refractivity contribution in [3.63, 3.8) is 0 Å². The van der Waals surface area contributed by atoms with Crippen molar-refractivity contribution in [1.29, 1.82) is 0 Å². The molecular formula is C52H84N6O6. The second kappa shape index (κ2) is 38.3. The SMILES string of the molecule is CCCCCCCCNC(=O)Nc1ccc(OCC)cc1.CCCCCCCCNC(=O)Nc1ccc(OCCCCCOc2ccc(NC(=O)NCCCCCCCC)cc2)cc1. The predicted molar refractivity (Wildman–Crippen MR) is 267 cm³/mol. The molecule has 0 saturated carbocycles. The summed E-state index contributed by atoms with van der Waals surface area (Å²) in [6.07, 6.45) is 24.7. The zero-order valence-electron chi connectivity index (χ0n) is 40.0. The number of hydrogen-bond acceptors (Lipinski definition) is 6. The number of rotatable bonds is 34. The Balaban J connectivity index is 0.000000560. The number of amides is 6. The highest BCUT2D eigenvalue weighted by atomic mass is 16.5. The Labute approximate surface area is 386 Å². The van der Waals surface area contributed by atoms with Crippen molar-refractivity contribution in [3.8, 4) is 17.2 Å². The molecule has 0 heterocycles. The number of unbranched alkanes of at least 4 members (excludes halogenated alkanes) is 17. The Morgan fingerprint density at radius 2 is 0.609 bits per heavy atom. The monoisotopic (exact) mass is 889 g/mol. The fraction of sp³-hybridized carbons (Fsp3) is 0.596. The third-order valence-electron chi connectivity index (χ3n) is 10.4. The summed E-state index contributed by atoms with van der Waals surface area (Å²) in [5.74, 6) is 2.40. The molecule has 0 aliphatic carbocycles. The first-order valence-electron chi connectivity index (χ1n) is 24.7. The van der Waals surface area contributed by atoms with E-state index in [4.69, 9.17) is 14.2 Å². The van der Waals surface area contributed by atoms with Crippen LogP contribution in [-0.2, 0) is 0 Å². The molecule has 0 spiro atoms. The lowest BCUT2D eigenvalue weighted by atomic mass is 10.1. The van der Waals surface area contributed by atoms with Gasteiger partial charge in [-0.15, -0.1) is 0 Å². The summed E-state index contributed by atoms with van der Waals surface area (Å²) < 4.78 is 17.0. The molecule has 0 bridgehead atoms. The van der Waals surface area contributed by atoms with Crippen LogP contribution >= 0.6 is 0 Å². The molecule has 12 heteroatoms. The normalized spacial score (nSPS) is 10.5. The molecule has 6 amide bonds. The van der Waals surface area contributed by atoms with Crippen molar-refractivity contribution in [3.05, 3.63) is 72.8 Å². The highest BCUT2D eigenvalue weighted by Crippen LogP contribution is 2.19. The number of benzene rings is 3. The topological polar surface area (TPSA) is 151 Å². The van der Waals surface area contributed by atoms with Gasteiger partial charge in [0.25, 0.3) is 0 Å². The Morgan fingerprint density at radius 1 is 0.344 bits per heavy atom. The van der Waals surface area contributed by atoms with E-state index in [1.54, 1.807) is 0 Å². The first-order valence-corrected chi connectivity index (χ1v) is 24.7. The fourth-order valence-corrected chi connectivity index (χ4v) is 6.68. The quantitative estimate of drug-likeness (QED) is 0.0329. The van der Waals surface area contributed by atoms with E-state index in [0.29, 0.717) is 32.9 Å². The van der Waals surface area contributed by atoms with Gasteiger partial charge in [0, 0.05) is 36.7 Å². The van der Waals surface area contributed by atoms with Gasteiger partial charge in [-0.1, -0.05) is 117 Å². The van der Waals surface area contributed by atoms with Gasteiger partial charge < -0.3 is 46.1 Å². The molecule has 6 N–H and O–H groups in total. The molecule has 3 aromatic rings. The van der Waals surface area contributed by atoms with Crippen molar-refractivity contribution >= 4 is 35.2 Å². The van der Waals surface area contributed by atoms with E-state index in [-0.39, 0.29) is 18.1 Å². The summed E-state index contributed by atoms with van der Waals surface area (Å²) in [6.45, 7) is 12.6. The van der Waals surface area contributed by atoms with Gasteiger partial charge in [0.15, 0.2) is 0 Å². The summed E-state index contributed by atoms with van der Waals surface area (Å²) in [4.78, 5) is 35.8. The molecule has 0 aliphatic heterocycles. The second-order valence-corrected chi connectivity index (χ2v) is 16.2. The summed E-state index contributed by atoms with van der Waals surface area (Å²) >= 11 is 0. The van der Waals surface area contributed by atoms with Crippen LogP contribution in [0.5, 0.6) is 17.2 Å². The molecule has 3 aromatic carbocycles. The third kappa shape index (κ3) is 30.0. The molecule has 0 aromatic heterocycles. The van der Waals surface area contributed by atoms with Crippen LogP contribution in [0.15, 0.2) is 72.8 Å². The van der Waals surface area contributed by atoms with Crippen LogP contribution in [0.1, 0.15) is 163 Å². The number of carbonyl (C=O) groups excluding carboxylic acids is 3. The Morgan fingerprint density at radius 3 is 0.906 bits per heavy atom. The molecule has 0 saturated heterocycles. The van der Waals surface area contributed by atoms with Crippen molar-refractivity contribution < 1.29 is 28.6 Å². The zero-order chi connectivity index (χ0) is 46.1. The van der Waals surface area contributed by atoms with Gasteiger partial charge in [0.2, 0.25) is 0 Å².